The topological polar surface area (TPSA) is 41.5 Å². The first kappa shape index (κ1) is 8.97. The number of hydrogen-bond acceptors (Lipinski definition) is 3. The van der Waals surface area contributed by atoms with Crippen LogP contribution in [-0.4, -0.2) is 31.1 Å². The average molecular weight is 159 g/mol. The fourth-order valence-electron chi connectivity index (χ4n) is 1.63. The van der Waals surface area contributed by atoms with E-state index >= 15 is 0 Å². The summed E-state index contributed by atoms with van der Waals surface area (Å²) >= 11 is 0. The molecule has 0 heterocycles. The summed E-state index contributed by atoms with van der Waals surface area (Å²) in [5.74, 6) is 0. The van der Waals surface area contributed by atoms with Crippen LogP contribution < -0.4 is 5.32 Å². The molecule has 0 aromatic heterocycles. The van der Waals surface area contributed by atoms with E-state index in [1.165, 1.54) is 0 Å². The van der Waals surface area contributed by atoms with Gasteiger partial charge in [-0.15, -0.1) is 0 Å². The summed E-state index contributed by atoms with van der Waals surface area (Å²) in [5.41, 5.74) is 0. The average Bonchev–Trinajstić information content (AvgIpc) is 2.07. The van der Waals surface area contributed by atoms with Crippen molar-refractivity contribution in [3.8, 4) is 0 Å². The Bertz CT molecular complexity index is 100. The molecule has 0 atom stereocenters. The molecule has 66 valence electrons. The van der Waals surface area contributed by atoms with Crippen molar-refractivity contribution in [1.82, 2.24) is 5.32 Å². The van der Waals surface area contributed by atoms with Crippen molar-refractivity contribution in [3.63, 3.8) is 0 Å². The van der Waals surface area contributed by atoms with Gasteiger partial charge in [-0.1, -0.05) is 0 Å². The van der Waals surface area contributed by atoms with Gasteiger partial charge in [0.1, 0.15) is 0 Å². The van der Waals surface area contributed by atoms with E-state index in [9.17, 15) is 0 Å². The highest BCUT2D eigenvalue weighted by molar-refractivity contribution is 4.76. The van der Waals surface area contributed by atoms with Crippen LogP contribution in [0.4, 0.5) is 0 Å². The molecular formula is C8H17NO2. The molecular weight excluding hydrogens is 142 g/mol. The van der Waals surface area contributed by atoms with Crippen molar-refractivity contribution in [2.75, 3.05) is 13.8 Å². The lowest BCUT2D eigenvalue weighted by Gasteiger charge is -2.27. The van der Waals surface area contributed by atoms with Gasteiger partial charge in [0, 0.05) is 13.2 Å². The van der Waals surface area contributed by atoms with Gasteiger partial charge in [0.25, 0.3) is 0 Å². The van der Waals surface area contributed by atoms with Gasteiger partial charge < -0.3 is 9.84 Å². The van der Waals surface area contributed by atoms with E-state index in [2.05, 4.69) is 5.32 Å². The fraction of sp³-hybridized carbons (Fsp3) is 1.00. The summed E-state index contributed by atoms with van der Waals surface area (Å²) in [6.45, 7) is 0.0995. The van der Waals surface area contributed by atoms with Crippen LogP contribution in [0.3, 0.4) is 0 Å². The minimum atomic E-state index is 0.0995. The van der Waals surface area contributed by atoms with E-state index in [4.69, 9.17) is 9.84 Å². The third-order valence-electron chi connectivity index (χ3n) is 2.39. The number of nitrogens with one attached hydrogen (secondary N) is 1. The standard InChI is InChI=1S/C8H17NO2/c1-11-8-4-2-7(3-5-8)9-6-10/h7-10H,2-6H2,1H3. The number of rotatable bonds is 3. The van der Waals surface area contributed by atoms with Crippen molar-refractivity contribution in [2.24, 2.45) is 0 Å². The maximum atomic E-state index is 8.60. The quantitative estimate of drug-likeness (QED) is 0.589. The van der Waals surface area contributed by atoms with Gasteiger partial charge in [0.15, 0.2) is 0 Å². The molecule has 0 aliphatic heterocycles. The van der Waals surface area contributed by atoms with Gasteiger partial charge in [-0.25, -0.2) is 0 Å². The van der Waals surface area contributed by atoms with E-state index in [0.29, 0.717) is 12.1 Å². The minimum absolute atomic E-state index is 0.0995. The van der Waals surface area contributed by atoms with Crippen LogP contribution >= 0.6 is 0 Å². The molecule has 1 fully saturated rings. The molecule has 0 amide bonds. The Balaban J connectivity index is 2.14. The van der Waals surface area contributed by atoms with E-state index in [0.717, 1.165) is 25.7 Å². The van der Waals surface area contributed by atoms with Crippen LogP contribution in [0.2, 0.25) is 0 Å². The van der Waals surface area contributed by atoms with Crippen molar-refractivity contribution in [2.45, 2.75) is 37.8 Å². The SMILES string of the molecule is COC1CCC(NCO)CC1. The number of aliphatic hydroxyl groups is 1. The number of methoxy groups -OCH3 is 1. The molecule has 11 heavy (non-hydrogen) atoms. The van der Waals surface area contributed by atoms with Gasteiger partial charge >= 0.3 is 0 Å². The largest absolute Gasteiger partial charge is 0.381 e. The summed E-state index contributed by atoms with van der Waals surface area (Å²) in [7, 11) is 1.77. The fourth-order valence-corrected chi connectivity index (χ4v) is 1.63. The summed E-state index contributed by atoms with van der Waals surface area (Å²) < 4.78 is 5.23. The van der Waals surface area contributed by atoms with Gasteiger partial charge in [0.2, 0.25) is 0 Å². The molecule has 0 unspecified atom stereocenters. The smallest absolute Gasteiger partial charge is 0.0933 e. The van der Waals surface area contributed by atoms with Gasteiger partial charge in [-0.05, 0) is 25.7 Å². The van der Waals surface area contributed by atoms with E-state index in [-0.39, 0.29) is 6.73 Å². The highest BCUT2D eigenvalue weighted by Crippen LogP contribution is 2.20. The molecule has 0 saturated heterocycles. The van der Waals surface area contributed by atoms with E-state index in [1.54, 1.807) is 7.11 Å². The van der Waals surface area contributed by atoms with Crippen LogP contribution in [0.25, 0.3) is 0 Å². The Morgan fingerprint density at radius 1 is 1.36 bits per heavy atom. The summed E-state index contributed by atoms with van der Waals surface area (Å²) in [6.07, 6.45) is 4.94. The van der Waals surface area contributed by atoms with Gasteiger partial charge in [-0.3, -0.25) is 5.32 Å². The molecule has 0 bridgehead atoms. The van der Waals surface area contributed by atoms with Crippen LogP contribution in [0.1, 0.15) is 25.7 Å². The molecule has 0 aromatic rings. The van der Waals surface area contributed by atoms with Crippen molar-refractivity contribution < 1.29 is 9.84 Å². The third-order valence-corrected chi connectivity index (χ3v) is 2.39. The Kier molecular flexibility index (Phi) is 3.83. The highest BCUT2D eigenvalue weighted by atomic mass is 16.5. The third kappa shape index (κ3) is 2.77. The molecule has 0 radical (unpaired) electrons. The molecule has 0 spiro atoms. The van der Waals surface area contributed by atoms with Crippen LogP contribution in [0, 0.1) is 0 Å². The van der Waals surface area contributed by atoms with Gasteiger partial charge in [-0.2, -0.15) is 0 Å². The molecule has 1 saturated carbocycles. The zero-order valence-corrected chi connectivity index (χ0v) is 7.05. The molecule has 1 rings (SSSR count). The zero-order chi connectivity index (χ0) is 8.10. The maximum absolute atomic E-state index is 8.60. The van der Waals surface area contributed by atoms with Crippen LogP contribution in [0.15, 0.2) is 0 Å². The highest BCUT2D eigenvalue weighted by Gasteiger charge is 2.19. The first-order chi connectivity index (χ1) is 5.36. The first-order valence-corrected chi connectivity index (χ1v) is 4.24. The van der Waals surface area contributed by atoms with E-state index in [1.807, 2.05) is 0 Å². The second-order valence-electron chi connectivity index (χ2n) is 3.07. The lowest BCUT2D eigenvalue weighted by atomic mass is 9.93. The Hall–Kier alpha value is -0.120. The molecule has 0 aromatic carbocycles. The molecule has 2 N–H and O–H groups in total. The van der Waals surface area contributed by atoms with Crippen molar-refractivity contribution in [1.29, 1.82) is 0 Å². The molecule has 3 heteroatoms. The molecule has 1 aliphatic rings. The maximum Gasteiger partial charge on any atom is 0.0933 e. The Labute approximate surface area is 67.7 Å². The monoisotopic (exact) mass is 159 g/mol. The lowest BCUT2D eigenvalue weighted by Crippen LogP contribution is -2.35. The predicted octanol–water partition coefficient (Wildman–Crippen LogP) is 0.483. The summed E-state index contributed by atoms with van der Waals surface area (Å²) in [6, 6.07) is 0.506. The van der Waals surface area contributed by atoms with E-state index < -0.39 is 0 Å². The zero-order valence-electron chi connectivity index (χ0n) is 7.05. The predicted molar refractivity (Wildman–Crippen MR) is 43.3 cm³/mol. The molecule has 3 nitrogen and oxygen atoms in total. The second kappa shape index (κ2) is 4.70. The Morgan fingerprint density at radius 2 is 2.00 bits per heavy atom. The number of hydrogen-bond donors (Lipinski definition) is 2. The molecule has 1 aliphatic carbocycles. The van der Waals surface area contributed by atoms with Crippen LogP contribution in [-0.2, 0) is 4.74 Å². The normalized spacial score (nSPS) is 32.2. The second-order valence-corrected chi connectivity index (χ2v) is 3.07. The van der Waals surface area contributed by atoms with Gasteiger partial charge in [0.05, 0.1) is 12.8 Å². The van der Waals surface area contributed by atoms with Crippen molar-refractivity contribution >= 4 is 0 Å². The van der Waals surface area contributed by atoms with Crippen LogP contribution in [0.5, 0.6) is 0 Å². The summed E-state index contributed by atoms with van der Waals surface area (Å²) in [4.78, 5) is 0. The first-order valence-electron chi connectivity index (χ1n) is 4.24. The van der Waals surface area contributed by atoms with Crippen molar-refractivity contribution in [3.05, 3.63) is 0 Å². The minimum Gasteiger partial charge on any atom is -0.381 e. The number of aliphatic hydroxyl groups excluding tert-OH is 1. The summed E-state index contributed by atoms with van der Waals surface area (Å²) in [5, 5.41) is 11.6. The Morgan fingerprint density at radius 3 is 2.45 bits per heavy atom. The lowest BCUT2D eigenvalue weighted by molar-refractivity contribution is 0.0589. The number of ether oxygens (including phenoxy) is 1.